The Kier molecular flexibility index (Phi) is 6.13. The Morgan fingerprint density at radius 2 is 1.76 bits per heavy atom. The Bertz CT molecular complexity index is 809. The second kappa shape index (κ2) is 8.95. The van der Waals surface area contributed by atoms with E-state index in [1.807, 2.05) is 54.6 Å². The van der Waals surface area contributed by atoms with Crippen molar-refractivity contribution in [1.82, 2.24) is 5.32 Å². The molecule has 2 saturated heterocycles. The Morgan fingerprint density at radius 3 is 2.48 bits per heavy atom. The van der Waals surface area contributed by atoms with Gasteiger partial charge in [0.25, 0.3) is 0 Å². The number of carbonyl (C=O) groups is 1. The average molecular weight is 396 g/mol. The van der Waals surface area contributed by atoms with E-state index >= 15 is 0 Å². The Labute approximate surface area is 171 Å². The largest absolute Gasteiger partial charge is 0.370 e. The van der Waals surface area contributed by atoms with Crippen LogP contribution in [0.2, 0.25) is 0 Å². The van der Waals surface area contributed by atoms with Crippen LogP contribution in [0.1, 0.15) is 30.9 Å². The molecule has 2 aromatic rings. The van der Waals surface area contributed by atoms with E-state index in [0.717, 1.165) is 11.3 Å². The highest BCUT2D eigenvalue weighted by Crippen LogP contribution is 2.29. The molecule has 0 bridgehead atoms. The van der Waals surface area contributed by atoms with Crippen molar-refractivity contribution in [3.8, 4) is 0 Å². The summed E-state index contributed by atoms with van der Waals surface area (Å²) < 4.78 is 17.8. The van der Waals surface area contributed by atoms with Crippen molar-refractivity contribution < 1.29 is 19.0 Å². The summed E-state index contributed by atoms with van der Waals surface area (Å²) in [5, 5.41) is 5.86. The summed E-state index contributed by atoms with van der Waals surface area (Å²) in [6.07, 6.45) is -0.474. The van der Waals surface area contributed by atoms with Crippen LogP contribution in [-0.2, 0) is 20.8 Å². The molecule has 2 fully saturated rings. The Hall–Kier alpha value is -2.41. The molecule has 6 heteroatoms. The summed E-state index contributed by atoms with van der Waals surface area (Å²) in [7, 11) is 0. The van der Waals surface area contributed by atoms with Crippen LogP contribution in [0.25, 0.3) is 0 Å². The predicted molar refractivity (Wildman–Crippen MR) is 111 cm³/mol. The van der Waals surface area contributed by atoms with Crippen molar-refractivity contribution in [2.45, 2.75) is 50.7 Å². The quantitative estimate of drug-likeness (QED) is 0.782. The number of fused-ring (bicyclic) bond motifs is 1. The molecule has 0 radical (unpaired) electrons. The first-order valence-electron chi connectivity index (χ1n) is 10.2. The molecule has 2 heterocycles. The van der Waals surface area contributed by atoms with Crippen LogP contribution in [0.4, 0.5) is 10.5 Å². The van der Waals surface area contributed by atoms with E-state index in [2.05, 4.69) is 24.5 Å². The molecule has 0 spiro atoms. The Balaban J connectivity index is 1.27. The van der Waals surface area contributed by atoms with Gasteiger partial charge in [-0.3, -0.25) is 0 Å². The van der Waals surface area contributed by atoms with Gasteiger partial charge in [-0.05, 0) is 29.2 Å². The zero-order valence-electron chi connectivity index (χ0n) is 16.8. The van der Waals surface area contributed by atoms with Gasteiger partial charge in [0.2, 0.25) is 0 Å². The number of carbonyl (C=O) groups excluding carboxylic acids is 1. The van der Waals surface area contributed by atoms with Gasteiger partial charge >= 0.3 is 6.03 Å². The summed E-state index contributed by atoms with van der Waals surface area (Å²) in [5.74, 6) is 0.460. The van der Waals surface area contributed by atoms with E-state index in [1.54, 1.807) is 0 Å². The number of hydrogen-bond donors (Lipinski definition) is 2. The van der Waals surface area contributed by atoms with Crippen LogP contribution >= 0.6 is 0 Å². The van der Waals surface area contributed by atoms with E-state index in [-0.39, 0.29) is 30.4 Å². The first-order chi connectivity index (χ1) is 14.1. The third kappa shape index (κ3) is 4.78. The molecule has 29 heavy (non-hydrogen) atoms. The molecule has 2 aliphatic rings. The number of amides is 2. The fourth-order valence-corrected chi connectivity index (χ4v) is 3.80. The first kappa shape index (κ1) is 19.9. The minimum Gasteiger partial charge on any atom is -0.370 e. The molecule has 154 valence electrons. The van der Waals surface area contributed by atoms with E-state index in [0.29, 0.717) is 25.7 Å². The lowest BCUT2D eigenvalue weighted by Crippen LogP contribution is -2.46. The first-order valence-corrected chi connectivity index (χ1v) is 10.2. The zero-order valence-corrected chi connectivity index (χ0v) is 16.8. The van der Waals surface area contributed by atoms with Crippen molar-refractivity contribution in [1.29, 1.82) is 0 Å². The minimum absolute atomic E-state index is 0.126. The maximum Gasteiger partial charge on any atom is 0.319 e. The van der Waals surface area contributed by atoms with Gasteiger partial charge in [-0.15, -0.1) is 0 Å². The van der Waals surface area contributed by atoms with Gasteiger partial charge in [0.05, 0.1) is 25.9 Å². The number of benzene rings is 2. The lowest BCUT2D eigenvalue weighted by molar-refractivity contribution is -0.0392. The number of anilines is 1. The highest BCUT2D eigenvalue weighted by Gasteiger charge is 2.48. The molecule has 2 aliphatic heterocycles. The van der Waals surface area contributed by atoms with Crippen LogP contribution in [0.3, 0.4) is 0 Å². The molecular weight excluding hydrogens is 368 g/mol. The lowest BCUT2D eigenvalue weighted by Gasteiger charge is -2.18. The highest BCUT2D eigenvalue weighted by molar-refractivity contribution is 5.89. The number of urea groups is 1. The number of nitrogens with one attached hydrogen (secondary N) is 2. The molecule has 2 aromatic carbocycles. The molecule has 2 amide bonds. The summed E-state index contributed by atoms with van der Waals surface area (Å²) in [6.45, 7) is 5.69. The zero-order chi connectivity index (χ0) is 20.2. The highest BCUT2D eigenvalue weighted by atomic mass is 16.6. The second-order valence-electron chi connectivity index (χ2n) is 7.91. The maximum absolute atomic E-state index is 12.4. The fourth-order valence-electron chi connectivity index (χ4n) is 3.80. The van der Waals surface area contributed by atoms with E-state index in [9.17, 15) is 4.79 Å². The molecule has 6 nitrogen and oxygen atoms in total. The van der Waals surface area contributed by atoms with Crippen molar-refractivity contribution >= 4 is 11.7 Å². The van der Waals surface area contributed by atoms with Crippen LogP contribution < -0.4 is 10.6 Å². The molecule has 2 N–H and O–H groups in total. The number of hydrogen-bond acceptors (Lipinski definition) is 4. The smallest absolute Gasteiger partial charge is 0.319 e. The van der Waals surface area contributed by atoms with Crippen molar-refractivity contribution in [2.75, 3.05) is 18.5 Å². The topological polar surface area (TPSA) is 68.8 Å². The molecule has 4 atom stereocenters. The van der Waals surface area contributed by atoms with Crippen LogP contribution in [0, 0.1) is 0 Å². The van der Waals surface area contributed by atoms with Crippen molar-refractivity contribution in [2.24, 2.45) is 0 Å². The predicted octanol–water partition coefficient (Wildman–Crippen LogP) is 3.68. The summed E-state index contributed by atoms with van der Waals surface area (Å²) in [5.41, 5.74) is 3.12. The minimum atomic E-state index is -0.256. The van der Waals surface area contributed by atoms with Gasteiger partial charge in [-0.2, -0.15) is 0 Å². The van der Waals surface area contributed by atoms with E-state index < -0.39 is 0 Å². The lowest BCUT2D eigenvalue weighted by atomic mass is 10.0. The molecular formula is C23H28N2O4. The van der Waals surface area contributed by atoms with Gasteiger partial charge in [0.1, 0.15) is 18.3 Å². The monoisotopic (exact) mass is 396 g/mol. The van der Waals surface area contributed by atoms with Crippen molar-refractivity contribution in [3.63, 3.8) is 0 Å². The second-order valence-corrected chi connectivity index (χ2v) is 7.91. The van der Waals surface area contributed by atoms with Gasteiger partial charge in [-0.25, -0.2) is 4.79 Å². The standard InChI is InChI=1S/C23H28N2O4/c1-15(2)17-8-10-18(11-9-17)24-23(26)25-19-13-28-22-20(14-29-21(19)22)27-12-16-6-4-3-5-7-16/h3-11,15,19-22H,12-14H2,1-2H3,(H2,24,25,26)/t19-,20+,21+,22+/m0/s1. The van der Waals surface area contributed by atoms with Gasteiger partial charge in [0, 0.05) is 5.69 Å². The van der Waals surface area contributed by atoms with Crippen molar-refractivity contribution in [3.05, 3.63) is 65.7 Å². The molecule has 4 rings (SSSR count). The summed E-state index contributed by atoms with van der Waals surface area (Å²) in [4.78, 5) is 12.4. The third-order valence-electron chi connectivity index (χ3n) is 5.47. The normalized spacial score (nSPS) is 25.8. The van der Waals surface area contributed by atoms with Gasteiger partial charge in [-0.1, -0.05) is 56.3 Å². The molecule has 0 aliphatic carbocycles. The fraction of sp³-hybridized carbons (Fsp3) is 0.435. The number of ether oxygens (including phenoxy) is 3. The molecule has 0 unspecified atom stereocenters. The average Bonchev–Trinajstić information content (AvgIpc) is 3.30. The van der Waals surface area contributed by atoms with Gasteiger partial charge < -0.3 is 24.8 Å². The van der Waals surface area contributed by atoms with Crippen LogP contribution in [-0.4, -0.2) is 43.6 Å². The maximum atomic E-state index is 12.4. The summed E-state index contributed by atoms with van der Waals surface area (Å²) in [6, 6.07) is 17.5. The number of rotatable bonds is 6. The molecule has 0 saturated carbocycles. The summed E-state index contributed by atoms with van der Waals surface area (Å²) >= 11 is 0. The van der Waals surface area contributed by atoms with E-state index in [4.69, 9.17) is 14.2 Å². The molecule has 0 aromatic heterocycles. The van der Waals surface area contributed by atoms with Crippen LogP contribution in [0.15, 0.2) is 54.6 Å². The Morgan fingerprint density at radius 1 is 1.03 bits per heavy atom. The SMILES string of the molecule is CC(C)c1ccc(NC(=O)N[C@H]2CO[C@H]3[C@@H]2OC[C@H]3OCc2ccccc2)cc1. The van der Waals surface area contributed by atoms with E-state index in [1.165, 1.54) is 5.56 Å². The van der Waals surface area contributed by atoms with Gasteiger partial charge in [0.15, 0.2) is 0 Å². The third-order valence-corrected chi connectivity index (χ3v) is 5.47. The van der Waals surface area contributed by atoms with Crippen LogP contribution in [0.5, 0.6) is 0 Å².